The maximum absolute atomic E-state index is 11.8. The monoisotopic (exact) mass is 290 g/mol. The van der Waals surface area contributed by atoms with Crippen molar-refractivity contribution in [3.63, 3.8) is 0 Å². The number of hydrogen-bond donors (Lipinski definition) is 3. The summed E-state index contributed by atoms with van der Waals surface area (Å²) in [5.74, 6) is 0.901. The van der Waals surface area contributed by atoms with E-state index in [0.717, 1.165) is 36.1 Å². The number of aliphatic hydroxyl groups is 1. The van der Waals surface area contributed by atoms with Gasteiger partial charge in [0.25, 0.3) is 0 Å². The molecule has 0 spiro atoms. The van der Waals surface area contributed by atoms with Crippen LogP contribution in [0.3, 0.4) is 0 Å². The lowest BCUT2D eigenvalue weighted by atomic mass is 10.0. The maximum atomic E-state index is 11.8. The van der Waals surface area contributed by atoms with Crippen molar-refractivity contribution < 1.29 is 14.6 Å². The average Bonchev–Trinajstić information content (AvgIpc) is 3.14. The van der Waals surface area contributed by atoms with Crippen LogP contribution in [0.1, 0.15) is 42.9 Å². The lowest BCUT2D eigenvalue weighted by Crippen LogP contribution is -2.42. The average molecular weight is 290 g/mol. The molecule has 1 atom stereocenters. The van der Waals surface area contributed by atoms with Crippen LogP contribution < -0.4 is 15.4 Å². The number of urea groups is 1. The molecule has 21 heavy (non-hydrogen) atoms. The van der Waals surface area contributed by atoms with Gasteiger partial charge >= 0.3 is 6.03 Å². The van der Waals surface area contributed by atoms with Crippen molar-refractivity contribution in [1.82, 2.24) is 10.6 Å². The Bertz CT molecular complexity index is 512. The van der Waals surface area contributed by atoms with E-state index >= 15 is 0 Å². The van der Waals surface area contributed by atoms with Gasteiger partial charge in [-0.15, -0.1) is 0 Å². The van der Waals surface area contributed by atoms with Gasteiger partial charge in [-0.1, -0.05) is 18.9 Å². The molecule has 0 aromatic heterocycles. The third kappa shape index (κ3) is 3.47. The van der Waals surface area contributed by atoms with Gasteiger partial charge in [0, 0.05) is 19.0 Å². The number of carbonyl (C=O) groups is 1. The van der Waals surface area contributed by atoms with Gasteiger partial charge in [0.15, 0.2) is 0 Å². The van der Waals surface area contributed by atoms with Gasteiger partial charge in [-0.2, -0.15) is 0 Å². The van der Waals surface area contributed by atoms with Gasteiger partial charge in [-0.05, 0) is 36.1 Å². The van der Waals surface area contributed by atoms with Crippen LogP contribution in [0.2, 0.25) is 0 Å². The van der Waals surface area contributed by atoms with Crippen molar-refractivity contribution in [2.75, 3.05) is 13.2 Å². The zero-order valence-electron chi connectivity index (χ0n) is 12.1. The number of carbonyl (C=O) groups excluding carboxylic acids is 1. The first-order valence-electron chi connectivity index (χ1n) is 7.70. The highest BCUT2D eigenvalue weighted by Crippen LogP contribution is 2.28. The number of amides is 2. The quantitative estimate of drug-likeness (QED) is 0.793. The Hall–Kier alpha value is -1.75. The van der Waals surface area contributed by atoms with E-state index in [1.54, 1.807) is 0 Å². The molecule has 3 N–H and O–H groups in total. The summed E-state index contributed by atoms with van der Waals surface area (Å²) in [6.45, 7) is 0.926. The van der Waals surface area contributed by atoms with Crippen LogP contribution in [0, 0.1) is 0 Å². The van der Waals surface area contributed by atoms with E-state index in [4.69, 9.17) is 4.74 Å². The normalized spacial score (nSPS) is 18.9. The van der Waals surface area contributed by atoms with E-state index in [1.165, 1.54) is 12.8 Å². The summed E-state index contributed by atoms with van der Waals surface area (Å²) in [6.07, 6.45) is 4.67. The molecule has 1 aliphatic heterocycles. The third-order valence-corrected chi connectivity index (χ3v) is 4.24. The van der Waals surface area contributed by atoms with Gasteiger partial charge in [0.05, 0.1) is 12.7 Å². The number of nitrogens with one attached hydrogen (secondary N) is 2. The summed E-state index contributed by atoms with van der Waals surface area (Å²) in [5.41, 5.74) is 1.95. The SMILES string of the molecule is O=C(NCC(O)c1ccc2c(c1)CCO2)NC1CCCC1. The molecular formula is C16H22N2O3. The first-order valence-corrected chi connectivity index (χ1v) is 7.70. The lowest BCUT2D eigenvalue weighted by Gasteiger charge is -2.16. The van der Waals surface area contributed by atoms with Gasteiger partial charge in [-0.3, -0.25) is 0 Å². The molecule has 1 saturated carbocycles. The first-order chi connectivity index (χ1) is 10.2. The second kappa shape index (κ2) is 6.35. The second-order valence-electron chi connectivity index (χ2n) is 5.82. The Labute approximate surface area is 124 Å². The zero-order valence-corrected chi connectivity index (χ0v) is 12.1. The predicted molar refractivity (Wildman–Crippen MR) is 79.4 cm³/mol. The number of rotatable bonds is 4. The molecule has 114 valence electrons. The topological polar surface area (TPSA) is 70.6 Å². The molecule has 1 aliphatic carbocycles. The van der Waals surface area contributed by atoms with Gasteiger partial charge in [0.2, 0.25) is 0 Å². The molecule has 0 bridgehead atoms. The van der Waals surface area contributed by atoms with Crippen LogP contribution in [-0.2, 0) is 6.42 Å². The van der Waals surface area contributed by atoms with Gasteiger partial charge in [0.1, 0.15) is 5.75 Å². The molecule has 3 rings (SSSR count). The standard InChI is InChI=1S/C16H22N2O3/c19-14(10-17-16(20)18-13-3-1-2-4-13)11-5-6-15-12(9-11)7-8-21-15/h5-6,9,13-14,19H,1-4,7-8,10H2,(H2,17,18,20). The molecule has 5 nitrogen and oxygen atoms in total. The molecule has 5 heteroatoms. The summed E-state index contributed by atoms with van der Waals surface area (Å²) < 4.78 is 5.44. The Kier molecular flexibility index (Phi) is 4.29. The largest absolute Gasteiger partial charge is 0.493 e. The van der Waals surface area contributed by atoms with Crippen LogP contribution in [-0.4, -0.2) is 30.3 Å². The van der Waals surface area contributed by atoms with Crippen molar-refractivity contribution in [3.8, 4) is 5.75 Å². The molecule has 2 aliphatic rings. The van der Waals surface area contributed by atoms with Gasteiger partial charge < -0.3 is 20.5 Å². The number of fused-ring (bicyclic) bond motifs is 1. The minimum absolute atomic E-state index is 0.189. The highest BCUT2D eigenvalue weighted by atomic mass is 16.5. The fraction of sp³-hybridized carbons (Fsp3) is 0.562. The molecule has 1 fully saturated rings. The van der Waals surface area contributed by atoms with Crippen LogP contribution in [0.25, 0.3) is 0 Å². The molecule has 0 radical (unpaired) electrons. The summed E-state index contributed by atoms with van der Waals surface area (Å²) in [6, 6.07) is 5.80. The minimum atomic E-state index is -0.690. The molecule has 2 amide bonds. The van der Waals surface area contributed by atoms with Crippen LogP contribution in [0.4, 0.5) is 4.79 Å². The lowest BCUT2D eigenvalue weighted by molar-refractivity contribution is 0.172. The molecular weight excluding hydrogens is 268 g/mol. The second-order valence-corrected chi connectivity index (χ2v) is 5.82. The zero-order chi connectivity index (χ0) is 14.7. The summed E-state index contributed by atoms with van der Waals surface area (Å²) >= 11 is 0. The highest BCUT2D eigenvalue weighted by Gasteiger charge is 2.18. The number of benzene rings is 1. The van der Waals surface area contributed by atoms with E-state index in [0.29, 0.717) is 12.6 Å². The van der Waals surface area contributed by atoms with E-state index in [2.05, 4.69) is 10.6 Å². The number of aliphatic hydroxyl groups excluding tert-OH is 1. The maximum Gasteiger partial charge on any atom is 0.315 e. The fourth-order valence-corrected chi connectivity index (χ4v) is 3.03. The Morgan fingerprint density at radius 3 is 3.00 bits per heavy atom. The molecule has 0 saturated heterocycles. The highest BCUT2D eigenvalue weighted by molar-refractivity contribution is 5.74. The van der Waals surface area contributed by atoms with Crippen molar-refractivity contribution in [1.29, 1.82) is 0 Å². The first kappa shape index (κ1) is 14.2. The molecule has 1 aromatic rings. The Balaban J connectivity index is 1.49. The van der Waals surface area contributed by atoms with Crippen molar-refractivity contribution in [3.05, 3.63) is 29.3 Å². The van der Waals surface area contributed by atoms with E-state index < -0.39 is 6.10 Å². The smallest absolute Gasteiger partial charge is 0.315 e. The van der Waals surface area contributed by atoms with Crippen LogP contribution >= 0.6 is 0 Å². The van der Waals surface area contributed by atoms with Crippen LogP contribution in [0.15, 0.2) is 18.2 Å². The van der Waals surface area contributed by atoms with E-state index in [-0.39, 0.29) is 12.6 Å². The fourth-order valence-electron chi connectivity index (χ4n) is 3.03. The summed E-state index contributed by atoms with van der Waals surface area (Å²) in [5, 5.41) is 15.9. The Morgan fingerprint density at radius 2 is 2.19 bits per heavy atom. The van der Waals surface area contributed by atoms with Crippen LogP contribution in [0.5, 0.6) is 5.75 Å². The van der Waals surface area contributed by atoms with E-state index in [9.17, 15) is 9.90 Å². The van der Waals surface area contributed by atoms with Crippen molar-refractivity contribution in [2.24, 2.45) is 0 Å². The Morgan fingerprint density at radius 1 is 1.38 bits per heavy atom. The predicted octanol–water partition coefficient (Wildman–Crippen LogP) is 1.90. The van der Waals surface area contributed by atoms with Gasteiger partial charge in [-0.25, -0.2) is 4.79 Å². The number of hydrogen-bond acceptors (Lipinski definition) is 3. The van der Waals surface area contributed by atoms with Crippen molar-refractivity contribution in [2.45, 2.75) is 44.2 Å². The third-order valence-electron chi connectivity index (χ3n) is 4.24. The summed E-state index contributed by atoms with van der Waals surface area (Å²) in [4.78, 5) is 11.8. The summed E-state index contributed by atoms with van der Waals surface area (Å²) in [7, 11) is 0. The van der Waals surface area contributed by atoms with Crippen molar-refractivity contribution >= 4 is 6.03 Å². The molecule has 1 aromatic carbocycles. The molecule has 1 unspecified atom stereocenters. The number of ether oxygens (including phenoxy) is 1. The van der Waals surface area contributed by atoms with E-state index in [1.807, 2.05) is 18.2 Å². The minimum Gasteiger partial charge on any atom is -0.493 e. The molecule has 1 heterocycles.